The lowest BCUT2D eigenvalue weighted by atomic mass is 10.1. The van der Waals surface area contributed by atoms with Crippen LogP contribution in [0.1, 0.15) is 157 Å². The van der Waals surface area contributed by atoms with E-state index in [0.29, 0.717) is 26.2 Å². The highest BCUT2D eigenvalue weighted by atomic mass is 16.6. The summed E-state index contributed by atoms with van der Waals surface area (Å²) in [5.41, 5.74) is 1.47. The van der Waals surface area contributed by atoms with Crippen LogP contribution in [0.3, 0.4) is 0 Å². The molecule has 51 heavy (non-hydrogen) atoms. The fraction of sp³-hybridized carbons (Fsp3) is 0.744. The molecule has 0 bridgehead atoms. The lowest BCUT2D eigenvalue weighted by molar-refractivity contribution is -0.121. The summed E-state index contributed by atoms with van der Waals surface area (Å²) in [6.45, 7) is 17.8. The molecule has 0 aromatic heterocycles. The fourth-order valence-electron chi connectivity index (χ4n) is 4.53. The van der Waals surface area contributed by atoms with E-state index in [1.807, 2.05) is 19.9 Å². The molecule has 300 valence electrons. The maximum absolute atomic E-state index is 10.9. The monoisotopic (exact) mass is 724 g/mol. The molecule has 0 heterocycles. The Labute approximate surface area is 314 Å². The zero-order valence-electron chi connectivity index (χ0n) is 34.1. The number of hydrogen-bond donors (Lipinski definition) is 4. The molecule has 0 saturated heterocycles. The van der Waals surface area contributed by atoms with Crippen LogP contribution in [-0.2, 0) is 25.4 Å². The van der Waals surface area contributed by atoms with E-state index in [9.17, 15) is 4.79 Å². The lowest BCUT2D eigenvalue weighted by Gasteiger charge is -2.03. The fourth-order valence-corrected chi connectivity index (χ4v) is 4.53. The van der Waals surface area contributed by atoms with Gasteiger partial charge in [-0.1, -0.05) is 108 Å². The van der Waals surface area contributed by atoms with Crippen molar-refractivity contribution >= 4 is 5.91 Å². The molecule has 8 heteroatoms. The summed E-state index contributed by atoms with van der Waals surface area (Å²) in [5.74, 6) is 1.06. The van der Waals surface area contributed by atoms with Gasteiger partial charge in [0.05, 0.1) is 0 Å². The molecule has 0 aliphatic heterocycles. The number of rotatable bonds is 22. The van der Waals surface area contributed by atoms with Crippen LogP contribution < -0.4 is 5.32 Å². The number of benzene rings is 1. The highest BCUT2D eigenvalue weighted by Gasteiger charge is 2.10. The first-order valence-corrected chi connectivity index (χ1v) is 20.0. The molecule has 1 aliphatic carbocycles. The second-order valence-corrected chi connectivity index (χ2v) is 12.7. The second-order valence-electron chi connectivity index (χ2n) is 12.7. The smallest absolute Gasteiger partial charge is 0.219 e. The van der Waals surface area contributed by atoms with E-state index in [2.05, 4.69) is 74.6 Å². The van der Waals surface area contributed by atoms with Crippen molar-refractivity contribution < 1.29 is 34.3 Å². The maximum Gasteiger partial charge on any atom is 0.219 e. The SMILES string of the molecule is C(=C\C1CCCC1)/CCCc1ccccc1.C/C=C\CCCC(=O)NCC.CCCCOC(C)O.CCCCOC(C)O.CCCCOC(C)O. The van der Waals surface area contributed by atoms with Crippen molar-refractivity contribution in [3.05, 3.63) is 60.2 Å². The Balaban J connectivity index is -0.000000588. The lowest BCUT2D eigenvalue weighted by Crippen LogP contribution is -2.21. The van der Waals surface area contributed by atoms with Crippen LogP contribution in [0.4, 0.5) is 0 Å². The third kappa shape index (κ3) is 50.1. The summed E-state index contributed by atoms with van der Waals surface area (Å²) < 4.78 is 14.5. The highest BCUT2D eigenvalue weighted by molar-refractivity contribution is 5.75. The van der Waals surface area contributed by atoms with Gasteiger partial charge in [-0.2, -0.15) is 0 Å². The van der Waals surface area contributed by atoms with Gasteiger partial charge >= 0.3 is 0 Å². The molecule has 1 aromatic rings. The van der Waals surface area contributed by atoms with Gasteiger partial charge in [0.25, 0.3) is 0 Å². The summed E-state index contributed by atoms with van der Waals surface area (Å²) in [6.07, 6.45) is 25.7. The predicted octanol–water partition coefficient (Wildman–Crippen LogP) is 10.0. The van der Waals surface area contributed by atoms with Crippen LogP contribution in [0.5, 0.6) is 0 Å². The second kappa shape index (κ2) is 44.1. The van der Waals surface area contributed by atoms with Crippen molar-refractivity contribution in [3.63, 3.8) is 0 Å². The van der Waals surface area contributed by atoms with E-state index < -0.39 is 18.9 Å². The van der Waals surface area contributed by atoms with Gasteiger partial charge in [-0.15, -0.1) is 0 Å². The van der Waals surface area contributed by atoms with Gasteiger partial charge in [0.1, 0.15) is 0 Å². The molecular weight excluding hydrogens is 642 g/mol. The topological polar surface area (TPSA) is 117 Å². The van der Waals surface area contributed by atoms with Crippen LogP contribution in [0.25, 0.3) is 0 Å². The van der Waals surface area contributed by atoms with Gasteiger partial charge in [-0.3, -0.25) is 4.79 Å². The molecule has 1 aliphatic rings. The first kappa shape index (κ1) is 53.3. The largest absolute Gasteiger partial charge is 0.368 e. The Hall–Kier alpha value is -2.07. The number of aliphatic hydroxyl groups excluding tert-OH is 3. The number of aryl methyl sites for hydroxylation is 1. The zero-order valence-corrected chi connectivity index (χ0v) is 34.1. The van der Waals surface area contributed by atoms with Gasteiger partial charge in [-0.25, -0.2) is 0 Å². The molecule has 2 rings (SSSR count). The van der Waals surface area contributed by atoms with E-state index in [4.69, 9.17) is 29.5 Å². The Morgan fingerprint density at radius 2 is 1.22 bits per heavy atom. The Kier molecular flexibility index (Phi) is 46.1. The highest BCUT2D eigenvalue weighted by Crippen LogP contribution is 2.25. The van der Waals surface area contributed by atoms with Crippen molar-refractivity contribution in [1.29, 1.82) is 0 Å². The van der Waals surface area contributed by atoms with E-state index in [-0.39, 0.29) is 5.91 Å². The number of carbonyl (C=O) groups excluding carboxylic acids is 1. The third-order valence-corrected chi connectivity index (χ3v) is 7.44. The van der Waals surface area contributed by atoms with Gasteiger partial charge in [-0.05, 0) is 110 Å². The molecule has 1 saturated carbocycles. The molecule has 3 atom stereocenters. The normalized spacial score (nSPS) is 14.2. The first-order valence-electron chi connectivity index (χ1n) is 20.0. The van der Waals surface area contributed by atoms with Crippen LogP contribution in [0, 0.1) is 5.92 Å². The van der Waals surface area contributed by atoms with Crippen LogP contribution >= 0.6 is 0 Å². The third-order valence-electron chi connectivity index (χ3n) is 7.44. The number of unbranched alkanes of at least 4 members (excludes halogenated alkanes) is 5. The Bertz CT molecular complexity index is 820. The van der Waals surface area contributed by atoms with E-state index in [1.54, 1.807) is 20.8 Å². The van der Waals surface area contributed by atoms with Gasteiger partial charge in [0, 0.05) is 32.8 Å². The summed E-state index contributed by atoms with van der Waals surface area (Å²) >= 11 is 0. The minimum atomic E-state index is -0.596. The van der Waals surface area contributed by atoms with Gasteiger partial charge < -0.3 is 34.8 Å². The molecular formula is C43H81NO7. The molecule has 4 N–H and O–H groups in total. The molecule has 1 fully saturated rings. The quantitative estimate of drug-likeness (QED) is 0.0534. The Morgan fingerprint density at radius 1 is 0.745 bits per heavy atom. The summed E-state index contributed by atoms with van der Waals surface area (Å²) in [7, 11) is 0. The maximum atomic E-state index is 10.9. The van der Waals surface area contributed by atoms with Crippen molar-refractivity contribution in [3.8, 4) is 0 Å². The van der Waals surface area contributed by atoms with Crippen LogP contribution in [-0.4, -0.2) is 66.5 Å². The van der Waals surface area contributed by atoms with Gasteiger partial charge in [0.2, 0.25) is 5.91 Å². The van der Waals surface area contributed by atoms with E-state index in [1.165, 1.54) is 50.5 Å². The molecule has 1 amide bonds. The molecule has 3 unspecified atom stereocenters. The van der Waals surface area contributed by atoms with Crippen molar-refractivity contribution in [2.75, 3.05) is 26.4 Å². The number of amides is 1. The van der Waals surface area contributed by atoms with Crippen molar-refractivity contribution in [1.82, 2.24) is 5.32 Å². The van der Waals surface area contributed by atoms with Crippen molar-refractivity contribution in [2.24, 2.45) is 5.92 Å². The average Bonchev–Trinajstić information content (AvgIpc) is 3.62. The minimum absolute atomic E-state index is 0.164. The average molecular weight is 724 g/mol. The summed E-state index contributed by atoms with van der Waals surface area (Å²) in [6, 6.07) is 10.8. The molecule has 0 radical (unpaired) electrons. The minimum Gasteiger partial charge on any atom is -0.368 e. The molecule has 0 spiro atoms. The number of allylic oxidation sites excluding steroid dienone is 4. The number of nitrogens with one attached hydrogen (secondary N) is 1. The molecule has 8 nitrogen and oxygen atoms in total. The van der Waals surface area contributed by atoms with Crippen LogP contribution in [0.2, 0.25) is 0 Å². The summed E-state index contributed by atoms with van der Waals surface area (Å²) in [4.78, 5) is 10.9. The summed E-state index contributed by atoms with van der Waals surface area (Å²) in [5, 5.41) is 28.4. The standard InChI is InChI=1S/C16H22.C9H17NO.3C6H14O2/c1-3-9-15(10-4-1)11-5-2-6-12-16-13-7-8-14-16;1-3-5-6-7-8-9(11)10-4-2;3*1-3-4-5-8-6(2)7/h1,3-4,6,9-10,12,16H,2,5,7-8,11,13-14H2;3,5H,4,6-8H2,1-2H3,(H,10,11);3*6-7H,3-5H2,1-2H3/b12-6+;5-3-;;;. The van der Waals surface area contributed by atoms with E-state index in [0.717, 1.165) is 63.8 Å². The number of aliphatic hydroxyl groups is 3. The molecule has 1 aromatic carbocycles. The van der Waals surface area contributed by atoms with E-state index >= 15 is 0 Å². The zero-order chi connectivity index (χ0) is 38.8. The number of hydrogen-bond acceptors (Lipinski definition) is 7. The number of ether oxygens (including phenoxy) is 3. The van der Waals surface area contributed by atoms with Gasteiger partial charge in [0.15, 0.2) is 18.9 Å². The first-order chi connectivity index (χ1) is 24.6. The van der Waals surface area contributed by atoms with Crippen molar-refractivity contribution in [2.45, 2.75) is 177 Å². The van der Waals surface area contributed by atoms with Crippen LogP contribution in [0.15, 0.2) is 54.6 Å². The predicted molar refractivity (Wildman–Crippen MR) is 215 cm³/mol. The number of carbonyl (C=O) groups is 1. The Morgan fingerprint density at radius 3 is 1.63 bits per heavy atom.